The number of halogens is 2. The van der Waals surface area contributed by atoms with Crippen molar-refractivity contribution < 1.29 is 0 Å². The maximum atomic E-state index is 3.62. The first-order valence-corrected chi connectivity index (χ1v) is 13.5. The number of benzene rings is 4. The summed E-state index contributed by atoms with van der Waals surface area (Å²) in [4.78, 5) is 0. The highest BCUT2D eigenvalue weighted by molar-refractivity contribution is 9.10. The van der Waals surface area contributed by atoms with E-state index in [2.05, 4.69) is 105 Å². The highest BCUT2D eigenvalue weighted by atomic mass is 79.9. The van der Waals surface area contributed by atoms with Crippen LogP contribution < -0.4 is 0 Å². The van der Waals surface area contributed by atoms with Gasteiger partial charge >= 0.3 is 0 Å². The highest BCUT2D eigenvalue weighted by Gasteiger charge is 2.18. The lowest BCUT2D eigenvalue weighted by molar-refractivity contribution is 0.814. The predicted octanol–water partition coefficient (Wildman–Crippen LogP) is 8.92. The molecule has 33 heavy (non-hydrogen) atoms. The van der Waals surface area contributed by atoms with Gasteiger partial charge in [-0.1, -0.05) is 80.4 Å². The molecule has 2 aliphatic rings. The molecule has 4 aromatic carbocycles. The van der Waals surface area contributed by atoms with Gasteiger partial charge in [0.25, 0.3) is 0 Å². The van der Waals surface area contributed by atoms with Crippen molar-refractivity contribution in [1.29, 1.82) is 0 Å². The third kappa shape index (κ3) is 4.24. The largest absolute Gasteiger partial charge is 0.0584 e. The molecule has 0 atom stereocenters. The minimum absolute atomic E-state index is 1.14. The minimum Gasteiger partial charge on any atom is -0.0584 e. The molecular formula is C31H26Br2. The molecule has 0 unspecified atom stereocenters. The zero-order valence-electron chi connectivity index (χ0n) is 18.6. The summed E-state index contributed by atoms with van der Waals surface area (Å²) in [6.45, 7) is 0. The van der Waals surface area contributed by atoms with Crippen LogP contribution in [0.4, 0.5) is 0 Å². The Labute approximate surface area is 213 Å². The van der Waals surface area contributed by atoms with Gasteiger partial charge in [-0.2, -0.15) is 0 Å². The summed E-state index contributed by atoms with van der Waals surface area (Å²) < 4.78 is 2.36. The summed E-state index contributed by atoms with van der Waals surface area (Å²) in [6, 6.07) is 27.7. The van der Waals surface area contributed by atoms with Crippen LogP contribution in [-0.2, 0) is 38.5 Å². The van der Waals surface area contributed by atoms with Gasteiger partial charge in [0.2, 0.25) is 0 Å². The van der Waals surface area contributed by atoms with E-state index in [0.29, 0.717) is 0 Å². The Bertz CT molecular complexity index is 1260. The van der Waals surface area contributed by atoms with Crippen molar-refractivity contribution in [3.8, 4) is 22.3 Å². The number of rotatable bonds is 4. The molecule has 2 heteroatoms. The van der Waals surface area contributed by atoms with Gasteiger partial charge in [-0.25, -0.2) is 0 Å². The number of hydrogen-bond donors (Lipinski definition) is 0. The Morgan fingerprint density at radius 1 is 0.455 bits per heavy atom. The van der Waals surface area contributed by atoms with Crippen LogP contribution >= 0.6 is 31.9 Å². The molecule has 0 saturated carbocycles. The van der Waals surface area contributed by atoms with Crippen LogP contribution in [0.2, 0.25) is 0 Å². The van der Waals surface area contributed by atoms with Gasteiger partial charge in [-0.15, -0.1) is 0 Å². The second kappa shape index (κ2) is 8.89. The third-order valence-electron chi connectivity index (χ3n) is 7.31. The van der Waals surface area contributed by atoms with Crippen LogP contribution in [-0.4, -0.2) is 0 Å². The first-order chi connectivity index (χ1) is 16.1. The summed E-state index contributed by atoms with van der Waals surface area (Å²) in [7, 11) is 0. The summed E-state index contributed by atoms with van der Waals surface area (Å²) >= 11 is 7.24. The fraction of sp³-hybridized carbons (Fsp3) is 0.226. The van der Waals surface area contributed by atoms with E-state index in [1.807, 2.05) is 0 Å². The second-order valence-electron chi connectivity index (χ2n) is 9.44. The zero-order valence-corrected chi connectivity index (χ0v) is 21.8. The van der Waals surface area contributed by atoms with Gasteiger partial charge < -0.3 is 0 Å². The maximum Gasteiger partial charge on any atom is 0.0178 e. The van der Waals surface area contributed by atoms with E-state index in [4.69, 9.17) is 0 Å². The summed E-state index contributed by atoms with van der Waals surface area (Å²) in [6.07, 6.45) is 8.07. The van der Waals surface area contributed by atoms with E-state index >= 15 is 0 Å². The smallest absolute Gasteiger partial charge is 0.0178 e. The van der Waals surface area contributed by atoms with Crippen molar-refractivity contribution in [3.05, 3.63) is 115 Å². The molecule has 0 aromatic heterocycles. The van der Waals surface area contributed by atoms with E-state index in [1.165, 1.54) is 71.0 Å². The van der Waals surface area contributed by atoms with Crippen molar-refractivity contribution in [2.45, 2.75) is 44.9 Å². The molecule has 0 nitrogen and oxygen atoms in total. The normalized spacial score (nSPS) is 13.6. The molecule has 2 aliphatic carbocycles. The van der Waals surface area contributed by atoms with E-state index < -0.39 is 0 Å². The molecule has 0 fully saturated rings. The van der Waals surface area contributed by atoms with Gasteiger partial charge in [0, 0.05) is 8.95 Å². The molecule has 0 saturated heterocycles. The summed E-state index contributed by atoms with van der Waals surface area (Å²) in [5, 5.41) is 0. The molecule has 0 heterocycles. The first-order valence-electron chi connectivity index (χ1n) is 12.0. The quantitative estimate of drug-likeness (QED) is 0.235. The minimum atomic E-state index is 1.14. The molecule has 6 rings (SSSR count). The SMILES string of the molecule is Brc1ccc2c(c1)CCc1cc(CCCc3ccc4c(c3)CCc3cc(Br)ccc3-4)ccc1-2. The molecule has 0 radical (unpaired) electrons. The summed E-state index contributed by atoms with van der Waals surface area (Å²) in [5.41, 5.74) is 14.6. The lowest BCUT2D eigenvalue weighted by Crippen LogP contribution is -2.05. The van der Waals surface area contributed by atoms with Crippen molar-refractivity contribution >= 4 is 31.9 Å². The number of hydrogen-bond acceptors (Lipinski definition) is 0. The Morgan fingerprint density at radius 2 is 0.818 bits per heavy atom. The van der Waals surface area contributed by atoms with E-state index in [9.17, 15) is 0 Å². The van der Waals surface area contributed by atoms with Crippen LogP contribution in [0.3, 0.4) is 0 Å². The van der Waals surface area contributed by atoms with Crippen LogP contribution in [0.15, 0.2) is 81.7 Å². The standard InChI is InChI=1S/C31H26Br2/c32-26-10-14-30-24(18-26)8-6-22-16-20(4-12-28(22)30)2-1-3-21-5-13-29-23(17-21)7-9-25-19-27(33)11-15-31(25)29/h4-5,10-19H,1-3,6-9H2. The highest BCUT2D eigenvalue weighted by Crippen LogP contribution is 2.37. The van der Waals surface area contributed by atoms with Gasteiger partial charge in [0.1, 0.15) is 0 Å². The van der Waals surface area contributed by atoms with Crippen molar-refractivity contribution in [3.63, 3.8) is 0 Å². The Balaban J connectivity index is 1.14. The van der Waals surface area contributed by atoms with Crippen molar-refractivity contribution in [2.75, 3.05) is 0 Å². The fourth-order valence-electron chi connectivity index (χ4n) is 5.64. The lowest BCUT2D eigenvalue weighted by atomic mass is 9.84. The van der Waals surface area contributed by atoms with Crippen LogP contribution in [0.25, 0.3) is 22.3 Å². The number of fused-ring (bicyclic) bond motifs is 6. The first kappa shape index (κ1) is 21.4. The maximum absolute atomic E-state index is 3.62. The molecule has 164 valence electrons. The molecule has 0 amide bonds. The molecule has 0 bridgehead atoms. The molecule has 4 aromatic rings. The van der Waals surface area contributed by atoms with Gasteiger partial charge in [-0.3, -0.25) is 0 Å². The Morgan fingerprint density at radius 3 is 1.24 bits per heavy atom. The molecular weight excluding hydrogens is 532 g/mol. The van der Waals surface area contributed by atoms with Gasteiger partial charge in [0.15, 0.2) is 0 Å². The monoisotopic (exact) mass is 556 g/mol. The van der Waals surface area contributed by atoms with E-state index in [-0.39, 0.29) is 0 Å². The van der Waals surface area contributed by atoms with E-state index in [0.717, 1.165) is 38.5 Å². The zero-order chi connectivity index (χ0) is 22.4. The second-order valence-corrected chi connectivity index (χ2v) is 11.3. The van der Waals surface area contributed by atoms with Crippen LogP contribution in [0.1, 0.15) is 39.8 Å². The van der Waals surface area contributed by atoms with E-state index in [1.54, 1.807) is 0 Å². The Hall–Kier alpha value is -2.16. The van der Waals surface area contributed by atoms with Crippen LogP contribution in [0.5, 0.6) is 0 Å². The average Bonchev–Trinajstić information content (AvgIpc) is 2.83. The van der Waals surface area contributed by atoms with Gasteiger partial charge in [-0.05, 0) is 125 Å². The summed E-state index contributed by atoms with van der Waals surface area (Å²) in [5.74, 6) is 0. The fourth-order valence-corrected chi connectivity index (χ4v) is 6.46. The molecule has 0 spiro atoms. The lowest BCUT2D eigenvalue weighted by Gasteiger charge is -2.21. The van der Waals surface area contributed by atoms with Crippen molar-refractivity contribution in [1.82, 2.24) is 0 Å². The third-order valence-corrected chi connectivity index (χ3v) is 8.30. The van der Waals surface area contributed by atoms with Crippen molar-refractivity contribution in [2.24, 2.45) is 0 Å². The predicted molar refractivity (Wildman–Crippen MR) is 146 cm³/mol. The molecule has 0 N–H and O–H groups in total. The molecule has 0 aliphatic heterocycles. The number of aryl methyl sites for hydroxylation is 6. The topological polar surface area (TPSA) is 0 Å². The Kier molecular flexibility index (Phi) is 5.76. The van der Waals surface area contributed by atoms with Gasteiger partial charge in [0.05, 0.1) is 0 Å². The average molecular weight is 558 g/mol. The van der Waals surface area contributed by atoms with Crippen LogP contribution in [0, 0.1) is 0 Å².